The number of ether oxygens (including phenoxy) is 1. The smallest absolute Gasteiger partial charge is 0.390 e. The van der Waals surface area contributed by atoms with Gasteiger partial charge < -0.3 is 15.2 Å². The molecule has 1 aromatic rings. The molecule has 4 nitrogen and oxygen atoms in total. The van der Waals surface area contributed by atoms with Crippen LogP contribution in [0.3, 0.4) is 0 Å². The maximum absolute atomic E-state index is 12.8. The molecule has 0 bridgehead atoms. The first-order valence-electron chi connectivity index (χ1n) is 6.85. The number of anilines is 1. The van der Waals surface area contributed by atoms with Gasteiger partial charge in [0.2, 0.25) is 0 Å². The number of nitrogens with one attached hydrogen (secondary N) is 1. The number of halogens is 3. The van der Waals surface area contributed by atoms with Gasteiger partial charge in [0.05, 0.1) is 24.9 Å². The van der Waals surface area contributed by atoms with E-state index in [0.717, 1.165) is 19.2 Å². The number of benzene rings is 1. The molecule has 1 aromatic carbocycles. The molecule has 0 saturated carbocycles. The van der Waals surface area contributed by atoms with Crippen molar-refractivity contribution in [2.75, 3.05) is 44.7 Å². The van der Waals surface area contributed by atoms with Gasteiger partial charge in [-0.15, -0.1) is 0 Å². The predicted octanol–water partition coefficient (Wildman–Crippen LogP) is 1.81. The van der Waals surface area contributed by atoms with Crippen molar-refractivity contribution in [1.29, 1.82) is 0 Å². The van der Waals surface area contributed by atoms with Gasteiger partial charge in [0.25, 0.3) is 0 Å². The topological polar surface area (TPSA) is 44.7 Å². The third kappa shape index (κ3) is 4.87. The molecule has 118 valence electrons. The molecular weight excluding hydrogens is 285 g/mol. The molecule has 1 aliphatic rings. The summed E-state index contributed by atoms with van der Waals surface area (Å²) in [5.74, 6) is 0. The van der Waals surface area contributed by atoms with Crippen molar-refractivity contribution in [3.05, 3.63) is 29.8 Å². The van der Waals surface area contributed by atoms with E-state index in [1.54, 1.807) is 0 Å². The zero-order valence-corrected chi connectivity index (χ0v) is 11.6. The number of aliphatic hydroxyl groups is 1. The van der Waals surface area contributed by atoms with Crippen molar-refractivity contribution >= 4 is 5.69 Å². The summed E-state index contributed by atoms with van der Waals surface area (Å²) < 4.78 is 43.7. The highest BCUT2D eigenvalue weighted by Crippen LogP contribution is 2.34. The summed E-state index contributed by atoms with van der Waals surface area (Å²) in [5, 5.41) is 12.6. The van der Waals surface area contributed by atoms with E-state index in [0.29, 0.717) is 19.8 Å². The lowest BCUT2D eigenvalue weighted by Crippen LogP contribution is -2.42. The van der Waals surface area contributed by atoms with E-state index in [-0.39, 0.29) is 12.2 Å². The van der Waals surface area contributed by atoms with E-state index in [9.17, 15) is 18.3 Å². The zero-order valence-electron chi connectivity index (χ0n) is 11.6. The highest BCUT2D eigenvalue weighted by molar-refractivity contribution is 5.52. The van der Waals surface area contributed by atoms with Crippen LogP contribution in [0.2, 0.25) is 0 Å². The van der Waals surface area contributed by atoms with E-state index >= 15 is 0 Å². The molecule has 2 rings (SSSR count). The van der Waals surface area contributed by atoms with Crippen LogP contribution in [0.15, 0.2) is 24.3 Å². The fraction of sp³-hybridized carbons (Fsp3) is 0.571. The summed E-state index contributed by atoms with van der Waals surface area (Å²) in [4.78, 5) is 2.03. The maximum Gasteiger partial charge on any atom is 0.418 e. The lowest BCUT2D eigenvalue weighted by atomic mass is 10.1. The Labute approximate surface area is 121 Å². The Hall–Kier alpha value is -1.31. The van der Waals surface area contributed by atoms with Crippen LogP contribution in [0, 0.1) is 0 Å². The number of alkyl halides is 3. The third-order valence-corrected chi connectivity index (χ3v) is 3.33. The van der Waals surface area contributed by atoms with E-state index in [4.69, 9.17) is 4.74 Å². The monoisotopic (exact) mass is 304 g/mol. The van der Waals surface area contributed by atoms with Gasteiger partial charge in [0.15, 0.2) is 0 Å². The quantitative estimate of drug-likeness (QED) is 0.871. The SMILES string of the molecule is OC(CNc1ccccc1C(F)(F)F)CN1CCOCC1. The van der Waals surface area contributed by atoms with Crippen LogP contribution < -0.4 is 5.32 Å². The molecule has 0 amide bonds. The Bertz CT molecular complexity index is 448. The third-order valence-electron chi connectivity index (χ3n) is 3.33. The Morgan fingerprint density at radius 3 is 2.57 bits per heavy atom. The van der Waals surface area contributed by atoms with Crippen LogP contribution in [0.1, 0.15) is 5.56 Å². The van der Waals surface area contributed by atoms with Crippen LogP contribution >= 0.6 is 0 Å². The molecule has 7 heteroatoms. The highest BCUT2D eigenvalue weighted by atomic mass is 19.4. The molecule has 2 N–H and O–H groups in total. The second-order valence-corrected chi connectivity index (χ2v) is 4.99. The van der Waals surface area contributed by atoms with Gasteiger partial charge in [-0.05, 0) is 12.1 Å². The lowest BCUT2D eigenvalue weighted by molar-refractivity contribution is -0.137. The number of aliphatic hydroxyl groups excluding tert-OH is 1. The molecular formula is C14H19F3N2O2. The van der Waals surface area contributed by atoms with Gasteiger partial charge in [-0.1, -0.05) is 12.1 Å². The van der Waals surface area contributed by atoms with Crippen LogP contribution in [0.5, 0.6) is 0 Å². The van der Waals surface area contributed by atoms with E-state index in [1.807, 2.05) is 4.90 Å². The van der Waals surface area contributed by atoms with Gasteiger partial charge >= 0.3 is 6.18 Å². The molecule has 1 saturated heterocycles. The van der Waals surface area contributed by atoms with Gasteiger partial charge in [-0.2, -0.15) is 13.2 Å². The van der Waals surface area contributed by atoms with Crippen LogP contribution in [0.4, 0.5) is 18.9 Å². The van der Waals surface area contributed by atoms with Gasteiger partial charge in [-0.25, -0.2) is 0 Å². The molecule has 1 atom stereocenters. The number of morpholine rings is 1. The van der Waals surface area contributed by atoms with Crippen molar-refractivity contribution in [3.63, 3.8) is 0 Å². The summed E-state index contributed by atoms with van der Waals surface area (Å²) in [6, 6.07) is 5.27. The largest absolute Gasteiger partial charge is 0.418 e. The van der Waals surface area contributed by atoms with Crippen LogP contribution in [-0.4, -0.2) is 55.5 Å². The summed E-state index contributed by atoms with van der Waals surface area (Å²) in [5.41, 5.74) is -0.727. The maximum atomic E-state index is 12.8. The van der Waals surface area contributed by atoms with Crippen molar-refractivity contribution < 1.29 is 23.0 Å². The minimum Gasteiger partial charge on any atom is -0.390 e. The van der Waals surface area contributed by atoms with Crippen LogP contribution in [0.25, 0.3) is 0 Å². The Balaban J connectivity index is 1.87. The fourth-order valence-electron chi connectivity index (χ4n) is 2.26. The summed E-state index contributed by atoms with van der Waals surface area (Å²) in [6.45, 7) is 3.20. The summed E-state index contributed by atoms with van der Waals surface area (Å²) in [7, 11) is 0. The van der Waals surface area contributed by atoms with Gasteiger partial charge in [0, 0.05) is 31.9 Å². The molecule has 1 fully saturated rings. The molecule has 21 heavy (non-hydrogen) atoms. The van der Waals surface area contributed by atoms with Gasteiger partial charge in [-0.3, -0.25) is 4.90 Å². The van der Waals surface area contributed by atoms with E-state index in [1.165, 1.54) is 18.2 Å². The number of β-amino-alcohol motifs (C(OH)–C–C–N with tert-alkyl or cyclic N) is 1. The molecule has 0 aliphatic carbocycles. The summed E-state index contributed by atoms with van der Waals surface area (Å²) >= 11 is 0. The van der Waals surface area contributed by atoms with Gasteiger partial charge in [0.1, 0.15) is 0 Å². The second kappa shape index (κ2) is 7.11. The van der Waals surface area contributed by atoms with Crippen molar-refractivity contribution in [2.24, 2.45) is 0 Å². The average molecular weight is 304 g/mol. The molecule has 1 aliphatic heterocycles. The van der Waals surface area contributed by atoms with Crippen molar-refractivity contribution in [2.45, 2.75) is 12.3 Å². The minimum atomic E-state index is -4.40. The van der Waals surface area contributed by atoms with E-state index in [2.05, 4.69) is 5.32 Å². The van der Waals surface area contributed by atoms with Crippen molar-refractivity contribution in [3.8, 4) is 0 Å². The molecule has 1 unspecified atom stereocenters. The average Bonchev–Trinajstić information content (AvgIpc) is 2.45. The molecule has 1 heterocycles. The standard InChI is InChI=1S/C14H19F3N2O2/c15-14(16,17)12-3-1-2-4-13(12)18-9-11(20)10-19-5-7-21-8-6-19/h1-4,11,18,20H,5-10H2. The fourth-order valence-corrected chi connectivity index (χ4v) is 2.26. The lowest BCUT2D eigenvalue weighted by Gasteiger charge is -2.28. The first-order valence-corrected chi connectivity index (χ1v) is 6.85. The van der Waals surface area contributed by atoms with Crippen molar-refractivity contribution in [1.82, 2.24) is 4.90 Å². The highest BCUT2D eigenvalue weighted by Gasteiger charge is 2.33. The number of rotatable bonds is 5. The Kier molecular flexibility index (Phi) is 5.44. The normalized spacial score (nSPS) is 18.5. The molecule has 0 aromatic heterocycles. The minimum absolute atomic E-state index is 0.00831. The molecule has 0 radical (unpaired) electrons. The number of para-hydroxylation sites is 1. The van der Waals surface area contributed by atoms with E-state index < -0.39 is 17.8 Å². The number of hydrogen-bond donors (Lipinski definition) is 2. The van der Waals surface area contributed by atoms with Crippen LogP contribution in [-0.2, 0) is 10.9 Å². The first kappa shape index (κ1) is 16.1. The zero-order chi connectivity index (χ0) is 15.3. The Morgan fingerprint density at radius 1 is 1.24 bits per heavy atom. The summed E-state index contributed by atoms with van der Waals surface area (Å²) in [6.07, 6.45) is -5.14. The number of hydrogen-bond acceptors (Lipinski definition) is 4. The Morgan fingerprint density at radius 2 is 1.90 bits per heavy atom. The second-order valence-electron chi connectivity index (χ2n) is 4.99. The first-order chi connectivity index (χ1) is 9.97. The number of nitrogens with zero attached hydrogens (tertiary/aromatic N) is 1. The predicted molar refractivity (Wildman–Crippen MR) is 73.2 cm³/mol. The molecule has 0 spiro atoms.